The molecule has 0 radical (unpaired) electrons. The van der Waals surface area contributed by atoms with Crippen molar-refractivity contribution in [2.75, 3.05) is 17.2 Å². The van der Waals surface area contributed by atoms with E-state index in [0.29, 0.717) is 22.4 Å². The molecule has 0 bridgehead atoms. The minimum absolute atomic E-state index is 0.0480. The summed E-state index contributed by atoms with van der Waals surface area (Å²) in [5.74, 6) is 0.172. The van der Waals surface area contributed by atoms with Crippen molar-refractivity contribution in [2.24, 2.45) is 5.92 Å². The van der Waals surface area contributed by atoms with Crippen molar-refractivity contribution in [3.8, 4) is 0 Å². The minimum atomic E-state index is -0.468. The smallest absolute Gasteiger partial charge is 0.325 e. The van der Waals surface area contributed by atoms with E-state index >= 15 is 0 Å². The zero-order chi connectivity index (χ0) is 19.1. The van der Waals surface area contributed by atoms with Gasteiger partial charge in [0, 0.05) is 17.6 Å². The Balaban J connectivity index is 1.42. The predicted octanol–water partition coefficient (Wildman–Crippen LogP) is 4.17. The minimum Gasteiger partial charge on any atom is -0.355 e. The number of aromatic nitrogens is 1. The second kappa shape index (κ2) is 9.45. The number of thiazole rings is 1. The molecular weight excluding hydrogens is 367 g/mol. The molecule has 0 aliphatic heterocycles. The highest BCUT2D eigenvalue weighted by Gasteiger charge is 2.15. The van der Waals surface area contributed by atoms with Crippen molar-refractivity contribution < 1.29 is 14.0 Å². The fraction of sp³-hybridized carbons (Fsp3) is 0.421. The Labute approximate surface area is 161 Å². The number of nitrogens with zero attached hydrogens (tertiary/aromatic N) is 1. The summed E-state index contributed by atoms with van der Waals surface area (Å²) in [4.78, 5) is 28.3. The van der Waals surface area contributed by atoms with Gasteiger partial charge in [0.2, 0.25) is 5.91 Å². The van der Waals surface area contributed by atoms with E-state index in [1.54, 1.807) is 5.38 Å². The van der Waals surface area contributed by atoms with E-state index in [4.69, 9.17) is 0 Å². The molecule has 1 aliphatic carbocycles. The molecule has 1 aromatic heterocycles. The van der Waals surface area contributed by atoms with Crippen LogP contribution in [0.25, 0.3) is 0 Å². The number of rotatable bonds is 6. The summed E-state index contributed by atoms with van der Waals surface area (Å²) < 4.78 is 12.9. The Morgan fingerprint density at radius 2 is 1.85 bits per heavy atom. The third-order valence-corrected chi connectivity index (χ3v) is 5.34. The van der Waals surface area contributed by atoms with Gasteiger partial charge in [0.05, 0.1) is 12.1 Å². The molecule has 1 saturated carbocycles. The summed E-state index contributed by atoms with van der Waals surface area (Å²) in [6.45, 7) is 0.730. The number of hydrogen-bond donors (Lipinski definition) is 3. The number of amides is 3. The monoisotopic (exact) mass is 390 g/mol. The SMILES string of the molecule is O=C(Cc1csc(NC(=O)Nc2ccc(F)cc2)n1)NCC1CCCCC1. The van der Waals surface area contributed by atoms with E-state index in [-0.39, 0.29) is 18.1 Å². The molecular formula is C19H23FN4O2S. The lowest BCUT2D eigenvalue weighted by Gasteiger charge is -2.21. The lowest BCUT2D eigenvalue weighted by molar-refractivity contribution is -0.120. The predicted molar refractivity (Wildman–Crippen MR) is 104 cm³/mol. The summed E-state index contributed by atoms with van der Waals surface area (Å²) in [5.41, 5.74) is 1.10. The Morgan fingerprint density at radius 1 is 1.11 bits per heavy atom. The van der Waals surface area contributed by atoms with E-state index in [9.17, 15) is 14.0 Å². The maximum atomic E-state index is 12.9. The van der Waals surface area contributed by atoms with Gasteiger partial charge in [0.1, 0.15) is 5.82 Å². The van der Waals surface area contributed by atoms with Crippen LogP contribution in [0.5, 0.6) is 0 Å². The molecule has 1 aliphatic rings. The van der Waals surface area contributed by atoms with Gasteiger partial charge in [0.15, 0.2) is 5.13 Å². The van der Waals surface area contributed by atoms with Crippen LogP contribution in [0.2, 0.25) is 0 Å². The van der Waals surface area contributed by atoms with Crippen molar-refractivity contribution in [1.82, 2.24) is 10.3 Å². The highest BCUT2D eigenvalue weighted by molar-refractivity contribution is 7.14. The fourth-order valence-electron chi connectivity index (χ4n) is 3.11. The second-order valence-electron chi connectivity index (χ2n) is 6.71. The molecule has 0 saturated heterocycles. The average molecular weight is 390 g/mol. The fourth-order valence-corrected chi connectivity index (χ4v) is 3.82. The number of carbonyl (C=O) groups is 2. The number of urea groups is 1. The van der Waals surface area contributed by atoms with Crippen LogP contribution in [-0.2, 0) is 11.2 Å². The first-order valence-corrected chi connectivity index (χ1v) is 10.0. The molecule has 6 nitrogen and oxygen atoms in total. The van der Waals surface area contributed by atoms with Crippen LogP contribution in [0, 0.1) is 11.7 Å². The molecule has 1 fully saturated rings. The summed E-state index contributed by atoms with van der Waals surface area (Å²) in [6.07, 6.45) is 6.38. The van der Waals surface area contributed by atoms with Gasteiger partial charge in [0.25, 0.3) is 0 Å². The molecule has 27 heavy (non-hydrogen) atoms. The van der Waals surface area contributed by atoms with Gasteiger partial charge in [-0.3, -0.25) is 10.1 Å². The normalized spacial score (nSPS) is 14.6. The van der Waals surface area contributed by atoms with Crippen LogP contribution < -0.4 is 16.0 Å². The first kappa shape index (κ1) is 19.3. The van der Waals surface area contributed by atoms with Gasteiger partial charge in [-0.2, -0.15) is 0 Å². The van der Waals surface area contributed by atoms with E-state index < -0.39 is 6.03 Å². The van der Waals surface area contributed by atoms with Crippen LogP contribution in [0.1, 0.15) is 37.8 Å². The maximum Gasteiger partial charge on any atom is 0.325 e. The van der Waals surface area contributed by atoms with Crippen molar-refractivity contribution in [3.05, 3.63) is 41.2 Å². The molecule has 1 aromatic carbocycles. The molecule has 0 unspecified atom stereocenters. The van der Waals surface area contributed by atoms with Crippen molar-refractivity contribution in [1.29, 1.82) is 0 Å². The Kier molecular flexibility index (Phi) is 6.75. The molecule has 2 aromatic rings. The highest BCUT2D eigenvalue weighted by atomic mass is 32.1. The second-order valence-corrected chi connectivity index (χ2v) is 7.57. The quantitative estimate of drug-likeness (QED) is 0.692. The zero-order valence-corrected chi connectivity index (χ0v) is 15.8. The highest BCUT2D eigenvalue weighted by Crippen LogP contribution is 2.23. The number of benzene rings is 1. The van der Waals surface area contributed by atoms with Gasteiger partial charge in [-0.15, -0.1) is 11.3 Å². The maximum absolute atomic E-state index is 12.9. The van der Waals surface area contributed by atoms with E-state index in [1.165, 1.54) is 67.7 Å². The van der Waals surface area contributed by atoms with Gasteiger partial charge in [-0.05, 0) is 43.0 Å². The molecule has 0 atom stereocenters. The van der Waals surface area contributed by atoms with Crippen LogP contribution in [0.15, 0.2) is 29.6 Å². The third-order valence-electron chi connectivity index (χ3n) is 4.53. The Morgan fingerprint density at radius 3 is 2.59 bits per heavy atom. The largest absolute Gasteiger partial charge is 0.355 e. The lowest BCUT2D eigenvalue weighted by Crippen LogP contribution is -2.31. The molecule has 3 amide bonds. The standard InChI is InChI=1S/C19H23FN4O2S/c20-14-6-8-15(9-7-14)22-18(26)24-19-23-16(12-27-19)10-17(25)21-11-13-4-2-1-3-5-13/h6-9,12-13H,1-5,10-11H2,(H,21,25)(H2,22,23,24,26). The van der Waals surface area contributed by atoms with Crippen LogP contribution >= 0.6 is 11.3 Å². The number of nitrogens with one attached hydrogen (secondary N) is 3. The van der Waals surface area contributed by atoms with Crippen LogP contribution in [-0.4, -0.2) is 23.5 Å². The molecule has 1 heterocycles. The van der Waals surface area contributed by atoms with E-state index in [1.807, 2.05) is 0 Å². The van der Waals surface area contributed by atoms with E-state index in [0.717, 1.165) is 6.54 Å². The molecule has 8 heteroatoms. The molecule has 3 rings (SSSR count). The summed E-state index contributed by atoms with van der Waals surface area (Å²) in [7, 11) is 0. The number of anilines is 2. The van der Waals surface area contributed by atoms with Gasteiger partial charge >= 0.3 is 6.03 Å². The number of hydrogen-bond acceptors (Lipinski definition) is 4. The first-order valence-electron chi connectivity index (χ1n) is 9.13. The Hall–Kier alpha value is -2.48. The molecule has 3 N–H and O–H groups in total. The van der Waals surface area contributed by atoms with Crippen molar-refractivity contribution in [3.63, 3.8) is 0 Å². The summed E-state index contributed by atoms with van der Waals surface area (Å²) >= 11 is 1.26. The van der Waals surface area contributed by atoms with E-state index in [2.05, 4.69) is 20.9 Å². The molecule has 0 spiro atoms. The summed E-state index contributed by atoms with van der Waals surface area (Å²) in [6, 6.07) is 5.01. The first-order chi connectivity index (χ1) is 13.1. The van der Waals surface area contributed by atoms with Gasteiger partial charge in [-0.25, -0.2) is 14.2 Å². The number of carbonyl (C=O) groups excluding carboxylic acids is 2. The zero-order valence-electron chi connectivity index (χ0n) is 15.0. The van der Waals surface area contributed by atoms with Crippen LogP contribution in [0.3, 0.4) is 0 Å². The number of halogens is 1. The van der Waals surface area contributed by atoms with Crippen molar-refractivity contribution in [2.45, 2.75) is 38.5 Å². The van der Waals surface area contributed by atoms with Crippen LogP contribution in [0.4, 0.5) is 20.0 Å². The molecule has 144 valence electrons. The summed E-state index contributed by atoms with van der Waals surface area (Å²) in [5, 5.41) is 10.4. The van der Waals surface area contributed by atoms with Crippen molar-refractivity contribution >= 4 is 34.1 Å². The van der Waals surface area contributed by atoms with Gasteiger partial charge in [-0.1, -0.05) is 19.3 Å². The third kappa shape index (κ3) is 6.32. The lowest BCUT2D eigenvalue weighted by atomic mass is 9.89. The Bertz CT molecular complexity index is 772. The topological polar surface area (TPSA) is 83.1 Å². The average Bonchev–Trinajstić information content (AvgIpc) is 3.09. The van der Waals surface area contributed by atoms with Gasteiger partial charge < -0.3 is 10.6 Å².